The number of aromatic nitrogens is 3. The predicted molar refractivity (Wildman–Crippen MR) is 139 cm³/mol. The van der Waals surface area contributed by atoms with Gasteiger partial charge in [0.05, 0.1) is 25.3 Å². The molecule has 0 aliphatic rings. The Bertz CT molecular complexity index is 1560. The van der Waals surface area contributed by atoms with Gasteiger partial charge in [-0.3, -0.25) is 9.36 Å². The van der Waals surface area contributed by atoms with Crippen molar-refractivity contribution in [2.75, 3.05) is 20.0 Å². The Labute approximate surface area is 209 Å². The number of nitrogens with one attached hydrogen (secondary N) is 1. The van der Waals surface area contributed by atoms with Crippen LogP contribution in [0, 0.1) is 0 Å². The van der Waals surface area contributed by atoms with Crippen molar-refractivity contribution in [3.63, 3.8) is 0 Å². The molecule has 0 aliphatic carbocycles. The van der Waals surface area contributed by atoms with E-state index in [1.165, 1.54) is 0 Å². The van der Waals surface area contributed by atoms with E-state index in [9.17, 15) is 4.79 Å². The molecule has 35 heavy (non-hydrogen) atoms. The first kappa shape index (κ1) is 22.7. The molecule has 0 unspecified atom stereocenters. The van der Waals surface area contributed by atoms with E-state index in [0.717, 1.165) is 15.7 Å². The first-order valence-electron chi connectivity index (χ1n) is 10.8. The predicted octanol–water partition coefficient (Wildman–Crippen LogP) is 4.87. The summed E-state index contributed by atoms with van der Waals surface area (Å²) in [5, 5.41) is 2.96. The van der Waals surface area contributed by atoms with E-state index >= 15 is 0 Å². The first-order chi connectivity index (χ1) is 17.0. The number of ether oxygens (including phenoxy) is 2. The summed E-state index contributed by atoms with van der Waals surface area (Å²) in [6.07, 6.45) is 0. The van der Waals surface area contributed by atoms with Gasteiger partial charge in [-0.15, -0.1) is 0 Å². The van der Waals surface area contributed by atoms with Crippen LogP contribution in [-0.4, -0.2) is 34.7 Å². The number of methoxy groups -OCH3 is 2. The SMILES string of the molecule is COc1ccc(CNC(=O)c2c(N)n(-c3ccc(Br)cc3)c3nc4ccccc4nc23)cc1OC. The minimum atomic E-state index is -0.345. The van der Waals surface area contributed by atoms with Crippen molar-refractivity contribution >= 4 is 49.9 Å². The molecule has 176 valence electrons. The molecular weight excluding hydrogens is 510 g/mol. The highest BCUT2D eigenvalue weighted by atomic mass is 79.9. The lowest BCUT2D eigenvalue weighted by Crippen LogP contribution is -2.24. The Kier molecular flexibility index (Phi) is 6.00. The van der Waals surface area contributed by atoms with Crippen LogP contribution < -0.4 is 20.5 Å². The van der Waals surface area contributed by atoms with Crippen molar-refractivity contribution in [3.8, 4) is 17.2 Å². The Morgan fingerprint density at radius 1 is 0.971 bits per heavy atom. The van der Waals surface area contributed by atoms with Gasteiger partial charge in [-0.05, 0) is 54.1 Å². The Balaban J connectivity index is 1.58. The second kappa shape index (κ2) is 9.27. The largest absolute Gasteiger partial charge is 0.493 e. The standard InChI is InChI=1S/C26H22BrN5O3/c1-34-20-12-7-15(13-21(20)35-2)14-29-26(33)22-23-25(31-19-6-4-3-5-18(19)30-23)32(24(22)28)17-10-8-16(27)9-11-17/h3-13H,14,28H2,1-2H3,(H,29,33). The minimum absolute atomic E-state index is 0.266. The molecule has 8 nitrogen and oxygen atoms in total. The third kappa shape index (κ3) is 4.15. The molecule has 5 rings (SSSR count). The number of carbonyl (C=O) groups is 1. The van der Waals surface area contributed by atoms with Crippen LogP contribution in [-0.2, 0) is 6.54 Å². The van der Waals surface area contributed by atoms with Crippen LogP contribution in [0.4, 0.5) is 5.82 Å². The maximum atomic E-state index is 13.4. The van der Waals surface area contributed by atoms with Gasteiger partial charge in [-0.2, -0.15) is 0 Å². The fourth-order valence-corrected chi connectivity index (χ4v) is 4.26. The topological polar surface area (TPSA) is 104 Å². The van der Waals surface area contributed by atoms with E-state index in [4.69, 9.17) is 25.2 Å². The molecule has 0 aliphatic heterocycles. The quantitative estimate of drug-likeness (QED) is 0.324. The van der Waals surface area contributed by atoms with Crippen molar-refractivity contribution in [1.29, 1.82) is 0 Å². The number of hydrogen-bond acceptors (Lipinski definition) is 6. The zero-order valence-corrected chi connectivity index (χ0v) is 20.7. The van der Waals surface area contributed by atoms with Crippen molar-refractivity contribution in [1.82, 2.24) is 19.9 Å². The highest BCUT2D eigenvalue weighted by Gasteiger charge is 2.24. The monoisotopic (exact) mass is 531 g/mol. The summed E-state index contributed by atoms with van der Waals surface area (Å²) in [5.41, 5.74) is 10.8. The zero-order valence-electron chi connectivity index (χ0n) is 19.1. The number of anilines is 1. The van der Waals surface area contributed by atoms with Crippen LogP contribution in [0.15, 0.2) is 71.2 Å². The molecule has 0 bridgehead atoms. The summed E-state index contributed by atoms with van der Waals surface area (Å²) in [7, 11) is 3.15. The van der Waals surface area contributed by atoms with Gasteiger partial charge in [0.2, 0.25) is 0 Å². The number of halogens is 1. The molecule has 0 fully saturated rings. The van der Waals surface area contributed by atoms with Gasteiger partial charge in [-0.1, -0.05) is 34.1 Å². The smallest absolute Gasteiger partial charge is 0.257 e. The molecule has 3 aromatic carbocycles. The van der Waals surface area contributed by atoms with Crippen LogP contribution >= 0.6 is 15.9 Å². The molecule has 2 aromatic heterocycles. The fraction of sp³-hybridized carbons (Fsp3) is 0.115. The molecule has 0 atom stereocenters. The summed E-state index contributed by atoms with van der Waals surface area (Å²) in [6, 6.07) is 20.6. The van der Waals surface area contributed by atoms with E-state index < -0.39 is 0 Å². The summed E-state index contributed by atoms with van der Waals surface area (Å²) in [5.74, 6) is 1.12. The van der Waals surface area contributed by atoms with E-state index in [-0.39, 0.29) is 23.8 Å². The number of nitrogens with two attached hydrogens (primary N) is 1. The van der Waals surface area contributed by atoms with Crippen LogP contribution in [0.5, 0.6) is 11.5 Å². The lowest BCUT2D eigenvalue weighted by Gasteiger charge is -2.11. The van der Waals surface area contributed by atoms with Gasteiger partial charge in [0.25, 0.3) is 5.91 Å². The summed E-state index contributed by atoms with van der Waals surface area (Å²) >= 11 is 3.46. The third-order valence-electron chi connectivity index (χ3n) is 5.71. The van der Waals surface area contributed by atoms with Gasteiger partial charge in [0, 0.05) is 16.7 Å². The number of fused-ring (bicyclic) bond motifs is 2. The van der Waals surface area contributed by atoms with Gasteiger partial charge in [-0.25, -0.2) is 9.97 Å². The van der Waals surface area contributed by atoms with Crippen molar-refractivity contribution in [3.05, 3.63) is 82.3 Å². The summed E-state index contributed by atoms with van der Waals surface area (Å²) in [6.45, 7) is 0.268. The van der Waals surface area contributed by atoms with Gasteiger partial charge < -0.3 is 20.5 Å². The van der Waals surface area contributed by atoms with Crippen molar-refractivity contribution < 1.29 is 14.3 Å². The second-order valence-electron chi connectivity index (χ2n) is 7.83. The molecule has 2 heterocycles. The Hall–Kier alpha value is -4.11. The van der Waals surface area contributed by atoms with Crippen LogP contribution in [0.25, 0.3) is 27.9 Å². The molecule has 3 N–H and O–H groups in total. The number of amides is 1. The molecule has 0 saturated heterocycles. The number of carbonyl (C=O) groups excluding carboxylic acids is 1. The maximum absolute atomic E-state index is 13.4. The number of benzene rings is 3. The summed E-state index contributed by atoms with van der Waals surface area (Å²) < 4.78 is 13.3. The Morgan fingerprint density at radius 2 is 1.66 bits per heavy atom. The van der Waals surface area contributed by atoms with Crippen LogP contribution in [0.2, 0.25) is 0 Å². The molecule has 9 heteroatoms. The van der Waals surface area contributed by atoms with E-state index in [1.807, 2.05) is 60.7 Å². The molecule has 1 amide bonds. The average Bonchev–Trinajstić information content (AvgIpc) is 3.16. The molecule has 5 aromatic rings. The highest BCUT2D eigenvalue weighted by molar-refractivity contribution is 9.10. The number of para-hydroxylation sites is 2. The maximum Gasteiger partial charge on any atom is 0.257 e. The average molecular weight is 532 g/mol. The van der Waals surface area contributed by atoms with Gasteiger partial charge in [0.1, 0.15) is 16.9 Å². The molecule has 0 saturated carbocycles. The summed E-state index contributed by atoms with van der Waals surface area (Å²) in [4.78, 5) is 23.0. The van der Waals surface area contributed by atoms with E-state index in [2.05, 4.69) is 21.2 Å². The van der Waals surface area contributed by atoms with Crippen LogP contribution in [0.3, 0.4) is 0 Å². The minimum Gasteiger partial charge on any atom is -0.493 e. The lowest BCUT2D eigenvalue weighted by atomic mass is 10.2. The number of nitrogens with zero attached hydrogens (tertiary/aromatic N) is 3. The van der Waals surface area contributed by atoms with Crippen molar-refractivity contribution in [2.45, 2.75) is 6.54 Å². The van der Waals surface area contributed by atoms with E-state index in [0.29, 0.717) is 33.7 Å². The van der Waals surface area contributed by atoms with Crippen molar-refractivity contribution in [2.24, 2.45) is 0 Å². The van der Waals surface area contributed by atoms with Gasteiger partial charge in [0.15, 0.2) is 17.1 Å². The third-order valence-corrected chi connectivity index (χ3v) is 6.24. The van der Waals surface area contributed by atoms with Gasteiger partial charge >= 0.3 is 0 Å². The lowest BCUT2D eigenvalue weighted by molar-refractivity contribution is 0.0953. The number of hydrogen-bond donors (Lipinski definition) is 2. The fourth-order valence-electron chi connectivity index (χ4n) is 4.00. The molecule has 0 radical (unpaired) electrons. The molecular formula is C26H22BrN5O3. The van der Waals surface area contributed by atoms with Crippen LogP contribution in [0.1, 0.15) is 15.9 Å². The normalized spacial score (nSPS) is 11.1. The zero-order chi connectivity index (χ0) is 24.5. The number of nitrogen functional groups attached to an aromatic ring is 1. The molecule has 0 spiro atoms. The highest BCUT2D eigenvalue weighted by Crippen LogP contribution is 2.32. The second-order valence-corrected chi connectivity index (χ2v) is 8.74. The number of rotatable bonds is 6. The Morgan fingerprint density at radius 3 is 2.34 bits per heavy atom. The first-order valence-corrected chi connectivity index (χ1v) is 11.6. The van der Waals surface area contributed by atoms with E-state index in [1.54, 1.807) is 24.9 Å².